The lowest BCUT2D eigenvalue weighted by Crippen LogP contribution is -2.44. The number of aryl methyl sites for hydroxylation is 1. The fourth-order valence-corrected chi connectivity index (χ4v) is 3.39. The first kappa shape index (κ1) is 17.8. The molecule has 3 nitrogen and oxygen atoms in total. The Morgan fingerprint density at radius 2 is 2.05 bits per heavy atom. The van der Waals surface area contributed by atoms with E-state index in [-0.39, 0.29) is 24.0 Å². The third kappa shape index (κ3) is 5.24. The van der Waals surface area contributed by atoms with Gasteiger partial charge in [-0.2, -0.15) is 0 Å². The minimum absolute atomic E-state index is 0. The van der Waals surface area contributed by atoms with Crippen molar-refractivity contribution in [2.24, 2.45) is 10.9 Å². The lowest BCUT2D eigenvalue weighted by atomic mass is 9.87. The second-order valence-electron chi connectivity index (χ2n) is 5.55. The van der Waals surface area contributed by atoms with Crippen LogP contribution in [0.25, 0.3) is 0 Å². The summed E-state index contributed by atoms with van der Waals surface area (Å²) in [5.74, 6) is 1.83. The second-order valence-corrected chi connectivity index (χ2v) is 6.55. The van der Waals surface area contributed by atoms with Crippen molar-refractivity contribution in [3.05, 3.63) is 21.9 Å². The Bertz CT molecular complexity index is 423. The van der Waals surface area contributed by atoms with E-state index in [2.05, 4.69) is 40.9 Å². The molecule has 1 aromatic heterocycles. The first-order chi connectivity index (χ1) is 9.19. The summed E-state index contributed by atoms with van der Waals surface area (Å²) in [5, 5.41) is 9.12. The molecule has 0 atom stereocenters. The van der Waals surface area contributed by atoms with Gasteiger partial charge < -0.3 is 10.6 Å². The van der Waals surface area contributed by atoms with Crippen LogP contribution in [0.1, 0.15) is 43.0 Å². The molecule has 1 fully saturated rings. The highest BCUT2D eigenvalue weighted by Gasteiger charge is 2.18. The van der Waals surface area contributed by atoms with E-state index in [0.717, 1.165) is 18.4 Å². The lowest BCUT2D eigenvalue weighted by molar-refractivity contribution is 0.329. The Kier molecular flexibility index (Phi) is 7.87. The van der Waals surface area contributed by atoms with Crippen molar-refractivity contribution in [3.8, 4) is 0 Å². The maximum Gasteiger partial charge on any atom is 0.191 e. The van der Waals surface area contributed by atoms with Gasteiger partial charge >= 0.3 is 0 Å². The number of hydrogen-bond donors (Lipinski definition) is 2. The molecule has 114 valence electrons. The average molecular weight is 407 g/mol. The third-order valence-corrected chi connectivity index (χ3v) is 4.99. The summed E-state index contributed by atoms with van der Waals surface area (Å²) in [6.07, 6.45) is 5.19. The second kappa shape index (κ2) is 8.87. The molecule has 1 aliphatic carbocycles. The molecule has 1 aromatic rings. The van der Waals surface area contributed by atoms with Crippen molar-refractivity contribution in [2.45, 2.75) is 52.1 Å². The molecule has 1 saturated carbocycles. The third-order valence-electron chi connectivity index (χ3n) is 3.96. The summed E-state index contributed by atoms with van der Waals surface area (Å²) in [6.45, 7) is 5.38. The number of nitrogens with zero attached hydrogens (tertiary/aromatic N) is 1. The molecule has 0 unspecified atom stereocenters. The van der Waals surface area contributed by atoms with Gasteiger partial charge in [0.05, 0.1) is 6.54 Å². The summed E-state index contributed by atoms with van der Waals surface area (Å²) >= 11 is 1.80. The van der Waals surface area contributed by atoms with E-state index in [4.69, 9.17) is 0 Å². The minimum Gasteiger partial charge on any atom is -0.354 e. The Morgan fingerprint density at radius 1 is 1.35 bits per heavy atom. The molecule has 0 aromatic carbocycles. The summed E-state index contributed by atoms with van der Waals surface area (Å²) in [6, 6.07) is 2.76. The molecule has 0 aliphatic heterocycles. The van der Waals surface area contributed by atoms with E-state index in [1.165, 1.54) is 36.1 Å². The number of hydrogen-bond acceptors (Lipinski definition) is 2. The van der Waals surface area contributed by atoms with Gasteiger partial charge in [0.1, 0.15) is 0 Å². The zero-order valence-corrected chi connectivity index (χ0v) is 15.8. The number of halogens is 1. The van der Waals surface area contributed by atoms with Gasteiger partial charge in [0.15, 0.2) is 5.96 Å². The molecule has 0 spiro atoms. The summed E-state index contributed by atoms with van der Waals surface area (Å²) in [5.41, 5.74) is 1.36. The fourth-order valence-electron chi connectivity index (χ4n) is 2.54. The van der Waals surface area contributed by atoms with Crippen molar-refractivity contribution in [1.29, 1.82) is 0 Å². The number of guanidine groups is 1. The molecule has 1 heterocycles. The monoisotopic (exact) mass is 407 g/mol. The highest BCUT2D eigenvalue weighted by atomic mass is 127. The van der Waals surface area contributed by atoms with Crippen molar-refractivity contribution < 1.29 is 0 Å². The molecule has 0 radical (unpaired) electrons. The topological polar surface area (TPSA) is 36.4 Å². The molecular weight excluding hydrogens is 381 g/mol. The molecule has 0 bridgehead atoms. The molecular formula is C15H26IN3S. The highest BCUT2D eigenvalue weighted by Crippen LogP contribution is 2.23. The maximum absolute atomic E-state index is 4.33. The fraction of sp³-hybridized carbons (Fsp3) is 0.667. The predicted molar refractivity (Wildman–Crippen MR) is 99.2 cm³/mol. The number of nitrogens with one attached hydrogen (secondary N) is 2. The van der Waals surface area contributed by atoms with Gasteiger partial charge in [0.2, 0.25) is 0 Å². The van der Waals surface area contributed by atoms with E-state index >= 15 is 0 Å². The van der Waals surface area contributed by atoms with Crippen LogP contribution in [0.5, 0.6) is 0 Å². The van der Waals surface area contributed by atoms with Crippen LogP contribution in [0.2, 0.25) is 0 Å². The molecule has 1 aliphatic rings. The van der Waals surface area contributed by atoms with Crippen LogP contribution in [0.15, 0.2) is 16.4 Å². The molecule has 20 heavy (non-hydrogen) atoms. The molecule has 0 saturated heterocycles. The molecule has 2 N–H and O–H groups in total. The van der Waals surface area contributed by atoms with Crippen LogP contribution >= 0.6 is 35.3 Å². The van der Waals surface area contributed by atoms with Crippen molar-refractivity contribution in [3.63, 3.8) is 0 Å². The van der Waals surface area contributed by atoms with Gasteiger partial charge in [-0.3, -0.25) is 4.99 Å². The van der Waals surface area contributed by atoms with Crippen LogP contribution in [0.4, 0.5) is 0 Å². The van der Waals surface area contributed by atoms with Crippen LogP contribution in [0, 0.1) is 12.8 Å². The van der Waals surface area contributed by atoms with Crippen LogP contribution < -0.4 is 10.6 Å². The van der Waals surface area contributed by atoms with E-state index in [9.17, 15) is 0 Å². The average Bonchev–Trinajstić information content (AvgIpc) is 2.82. The molecule has 5 heteroatoms. The van der Waals surface area contributed by atoms with Crippen LogP contribution in [0.3, 0.4) is 0 Å². The van der Waals surface area contributed by atoms with Crippen molar-refractivity contribution in [1.82, 2.24) is 10.6 Å². The smallest absolute Gasteiger partial charge is 0.191 e. The van der Waals surface area contributed by atoms with E-state index in [1.807, 2.05) is 7.05 Å². The zero-order valence-electron chi connectivity index (χ0n) is 12.6. The SMILES string of the molecule is CN=C(NCc1sccc1C)NC1CCC(C)CC1.I. The van der Waals surface area contributed by atoms with E-state index < -0.39 is 0 Å². The van der Waals surface area contributed by atoms with Crippen LogP contribution in [-0.2, 0) is 6.54 Å². The van der Waals surface area contributed by atoms with Gasteiger partial charge in [-0.15, -0.1) is 35.3 Å². The molecule has 0 amide bonds. The standard InChI is InChI=1S/C15H25N3S.HI/c1-11-4-6-13(7-5-11)18-15(16-3)17-10-14-12(2)8-9-19-14;/h8-9,11,13H,4-7,10H2,1-3H3,(H2,16,17,18);1H. The highest BCUT2D eigenvalue weighted by molar-refractivity contribution is 14.0. The van der Waals surface area contributed by atoms with Gasteiger partial charge in [0.25, 0.3) is 0 Å². The number of aliphatic imine (C=N–C) groups is 1. The minimum atomic E-state index is 0. The first-order valence-corrected chi connectivity index (χ1v) is 8.07. The van der Waals surface area contributed by atoms with Crippen molar-refractivity contribution in [2.75, 3.05) is 7.05 Å². The van der Waals surface area contributed by atoms with Gasteiger partial charge in [-0.25, -0.2) is 0 Å². The van der Waals surface area contributed by atoms with Crippen molar-refractivity contribution >= 4 is 41.3 Å². The first-order valence-electron chi connectivity index (χ1n) is 7.19. The number of rotatable bonds is 3. The summed E-state index contributed by atoms with van der Waals surface area (Å²) in [4.78, 5) is 5.72. The van der Waals surface area contributed by atoms with Gasteiger partial charge in [-0.05, 0) is 55.5 Å². The normalized spacial score (nSPS) is 23.1. The van der Waals surface area contributed by atoms with E-state index in [1.54, 1.807) is 11.3 Å². The predicted octanol–water partition coefficient (Wildman–Crippen LogP) is 3.92. The quantitative estimate of drug-likeness (QED) is 0.453. The largest absolute Gasteiger partial charge is 0.354 e. The van der Waals surface area contributed by atoms with Crippen LogP contribution in [-0.4, -0.2) is 19.0 Å². The van der Waals surface area contributed by atoms with Gasteiger partial charge in [-0.1, -0.05) is 6.92 Å². The molecule has 2 rings (SSSR count). The summed E-state index contributed by atoms with van der Waals surface area (Å²) < 4.78 is 0. The Morgan fingerprint density at radius 3 is 2.60 bits per heavy atom. The Labute approximate surface area is 143 Å². The van der Waals surface area contributed by atoms with E-state index in [0.29, 0.717) is 6.04 Å². The number of thiophene rings is 1. The lowest BCUT2D eigenvalue weighted by Gasteiger charge is -2.28. The maximum atomic E-state index is 4.33. The Balaban J connectivity index is 0.00000200. The van der Waals surface area contributed by atoms with Gasteiger partial charge in [0, 0.05) is 18.0 Å². The summed E-state index contributed by atoms with van der Waals surface area (Å²) in [7, 11) is 1.85. The Hall–Kier alpha value is -0.300. The zero-order chi connectivity index (χ0) is 13.7.